The Morgan fingerprint density at radius 1 is 1.30 bits per heavy atom. The van der Waals surface area contributed by atoms with Crippen LogP contribution in [0.5, 0.6) is 5.75 Å². The first-order chi connectivity index (χ1) is 9.24. The lowest BCUT2D eigenvalue weighted by atomic mass is 9.81. The summed E-state index contributed by atoms with van der Waals surface area (Å²) in [6.07, 6.45) is -3.24. The van der Waals surface area contributed by atoms with E-state index in [1.807, 2.05) is 13.8 Å². The maximum absolute atomic E-state index is 13.2. The summed E-state index contributed by atoms with van der Waals surface area (Å²) < 4.78 is 50.4. The van der Waals surface area contributed by atoms with Crippen molar-refractivity contribution in [3.05, 3.63) is 29.3 Å². The second kappa shape index (κ2) is 5.28. The molecule has 1 aliphatic heterocycles. The molecule has 0 amide bonds. The molecule has 0 saturated carbocycles. The molecule has 1 atom stereocenters. The van der Waals surface area contributed by atoms with Crippen LogP contribution in [0.4, 0.5) is 13.2 Å². The number of benzene rings is 1. The Bertz CT molecular complexity index is 480. The van der Waals surface area contributed by atoms with E-state index in [0.29, 0.717) is 25.2 Å². The number of methoxy groups -OCH3 is 1. The molecule has 0 spiro atoms. The molecule has 112 valence electrons. The minimum absolute atomic E-state index is 0.202. The quantitative estimate of drug-likeness (QED) is 0.803. The molecular formula is C15H19F3O2. The standard InChI is InChI=1S/C15H19F3O2/c1-14(2)9-10(7-8-20-14)13-11(15(16,17)18)5-4-6-12(13)19-3/h4-6,10H,7-9H2,1-3H3/t10-/m1/s1. The monoisotopic (exact) mass is 288 g/mol. The van der Waals surface area contributed by atoms with Crippen molar-refractivity contribution < 1.29 is 22.6 Å². The van der Waals surface area contributed by atoms with Gasteiger partial charge >= 0.3 is 6.18 Å². The topological polar surface area (TPSA) is 18.5 Å². The Hall–Kier alpha value is -1.23. The van der Waals surface area contributed by atoms with Gasteiger partial charge in [0.2, 0.25) is 0 Å². The van der Waals surface area contributed by atoms with Crippen molar-refractivity contribution in [2.75, 3.05) is 13.7 Å². The zero-order valence-electron chi connectivity index (χ0n) is 11.9. The van der Waals surface area contributed by atoms with Gasteiger partial charge in [-0.25, -0.2) is 0 Å². The van der Waals surface area contributed by atoms with E-state index >= 15 is 0 Å². The summed E-state index contributed by atoms with van der Waals surface area (Å²) >= 11 is 0. The number of hydrogen-bond donors (Lipinski definition) is 0. The summed E-state index contributed by atoms with van der Waals surface area (Å²) in [5, 5.41) is 0. The molecular weight excluding hydrogens is 269 g/mol. The zero-order valence-corrected chi connectivity index (χ0v) is 11.9. The molecule has 2 rings (SSSR count). The minimum Gasteiger partial charge on any atom is -0.496 e. The van der Waals surface area contributed by atoms with Crippen molar-refractivity contribution >= 4 is 0 Å². The lowest BCUT2D eigenvalue weighted by molar-refractivity contribution is -0.139. The van der Waals surface area contributed by atoms with E-state index in [9.17, 15) is 13.2 Å². The lowest BCUT2D eigenvalue weighted by Gasteiger charge is -2.37. The van der Waals surface area contributed by atoms with Crippen LogP contribution < -0.4 is 4.74 Å². The summed E-state index contributed by atoms with van der Waals surface area (Å²) in [5.41, 5.74) is -0.745. The third-order valence-corrected chi connectivity index (χ3v) is 3.70. The van der Waals surface area contributed by atoms with E-state index in [1.54, 1.807) is 6.07 Å². The van der Waals surface area contributed by atoms with Crippen LogP contribution >= 0.6 is 0 Å². The van der Waals surface area contributed by atoms with Gasteiger partial charge in [-0.2, -0.15) is 13.2 Å². The van der Waals surface area contributed by atoms with Gasteiger partial charge in [-0.05, 0) is 44.7 Å². The summed E-state index contributed by atoms with van der Waals surface area (Å²) in [6, 6.07) is 4.10. The van der Waals surface area contributed by atoms with Gasteiger partial charge < -0.3 is 9.47 Å². The van der Waals surface area contributed by atoms with Crippen molar-refractivity contribution in [2.24, 2.45) is 0 Å². The highest BCUT2D eigenvalue weighted by molar-refractivity contribution is 5.44. The van der Waals surface area contributed by atoms with Crippen LogP contribution in [0, 0.1) is 0 Å². The van der Waals surface area contributed by atoms with Crippen LogP contribution in [0.15, 0.2) is 18.2 Å². The van der Waals surface area contributed by atoms with Gasteiger partial charge in [0.1, 0.15) is 5.75 Å². The largest absolute Gasteiger partial charge is 0.496 e. The van der Waals surface area contributed by atoms with Crippen LogP contribution in [0.3, 0.4) is 0 Å². The molecule has 20 heavy (non-hydrogen) atoms. The van der Waals surface area contributed by atoms with E-state index in [0.717, 1.165) is 6.07 Å². The van der Waals surface area contributed by atoms with Crippen molar-refractivity contribution in [3.63, 3.8) is 0 Å². The highest BCUT2D eigenvalue weighted by Gasteiger charge is 2.39. The molecule has 1 fully saturated rings. The van der Waals surface area contributed by atoms with Crippen LogP contribution in [0.2, 0.25) is 0 Å². The van der Waals surface area contributed by atoms with Gasteiger partial charge in [0, 0.05) is 12.2 Å². The number of alkyl halides is 3. The van der Waals surface area contributed by atoms with Gasteiger partial charge in [-0.15, -0.1) is 0 Å². The predicted octanol–water partition coefficient (Wildman–Crippen LogP) is 4.39. The number of rotatable bonds is 2. The Balaban J connectivity index is 2.48. The maximum Gasteiger partial charge on any atom is 0.416 e. The number of ether oxygens (including phenoxy) is 2. The normalized spacial score (nSPS) is 22.6. The smallest absolute Gasteiger partial charge is 0.416 e. The molecule has 0 radical (unpaired) electrons. The van der Waals surface area contributed by atoms with Crippen molar-refractivity contribution in [2.45, 2.75) is 44.4 Å². The second-order valence-corrected chi connectivity index (χ2v) is 5.72. The summed E-state index contributed by atoms with van der Waals surface area (Å²) in [4.78, 5) is 0. The first-order valence-electron chi connectivity index (χ1n) is 6.62. The Morgan fingerprint density at radius 2 is 2.00 bits per heavy atom. The summed E-state index contributed by atoms with van der Waals surface area (Å²) in [5.74, 6) is 0.106. The van der Waals surface area contributed by atoms with E-state index in [-0.39, 0.29) is 11.5 Å². The van der Waals surface area contributed by atoms with E-state index in [2.05, 4.69) is 0 Å². The fourth-order valence-corrected chi connectivity index (χ4v) is 2.87. The van der Waals surface area contributed by atoms with E-state index < -0.39 is 17.3 Å². The molecule has 0 aromatic heterocycles. The molecule has 1 aromatic carbocycles. The molecule has 1 heterocycles. The molecule has 0 aliphatic carbocycles. The maximum atomic E-state index is 13.2. The van der Waals surface area contributed by atoms with Gasteiger partial charge in [0.15, 0.2) is 0 Å². The van der Waals surface area contributed by atoms with Crippen molar-refractivity contribution in [3.8, 4) is 5.75 Å². The summed E-state index contributed by atoms with van der Waals surface area (Å²) in [7, 11) is 1.41. The van der Waals surface area contributed by atoms with Crippen molar-refractivity contribution in [1.29, 1.82) is 0 Å². The molecule has 1 aromatic rings. The molecule has 2 nitrogen and oxygen atoms in total. The number of halogens is 3. The minimum atomic E-state index is -4.37. The first-order valence-corrected chi connectivity index (χ1v) is 6.62. The predicted molar refractivity (Wildman–Crippen MR) is 70.0 cm³/mol. The molecule has 1 aliphatic rings. The highest BCUT2D eigenvalue weighted by atomic mass is 19.4. The van der Waals surface area contributed by atoms with Crippen LogP contribution in [0.25, 0.3) is 0 Å². The molecule has 1 saturated heterocycles. The average molecular weight is 288 g/mol. The van der Waals surface area contributed by atoms with Gasteiger partial charge in [0.25, 0.3) is 0 Å². The van der Waals surface area contributed by atoms with Crippen LogP contribution in [0.1, 0.15) is 43.7 Å². The zero-order chi connectivity index (χ0) is 15.0. The molecule has 0 N–H and O–H groups in total. The third kappa shape index (κ3) is 3.08. The Kier molecular flexibility index (Phi) is 4.00. The van der Waals surface area contributed by atoms with Crippen LogP contribution in [-0.2, 0) is 10.9 Å². The van der Waals surface area contributed by atoms with Gasteiger partial charge in [-0.3, -0.25) is 0 Å². The highest BCUT2D eigenvalue weighted by Crippen LogP contribution is 2.45. The van der Waals surface area contributed by atoms with Crippen molar-refractivity contribution in [1.82, 2.24) is 0 Å². The first kappa shape index (κ1) is 15.2. The second-order valence-electron chi connectivity index (χ2n) is 5.72. The van der Waals surface area contributed by atoms with E-state index in [4.69, 9.17) is 9.47 Å². The van der Waals surface area contributed by atoms with Crippen LogP contribution in [-0.4, -0.2) is 19.3 Å². The van der Waals surface area contributed by atoms with Gasteiger partial charge in [0.05, 0.1) is 18.3 Å². The Labute approximate surface area is 116 Å². The van der Waals surface area contributed by atoms with Gasteiger partial charge in [-0.1, -0.05) is 6.07 Å². The summed E-state index contributed by atoms with van der Waals surface area (Å²) in [6.45, 7) is 4.27. The molecule has 0 unspecified atom stereocenters. The molecule has 0 bridgehead atoms. The molecule has 5 heteroatoms. The fourth-order valence-electron chi connectivity index (χ4n) is 2.87. The average Bonchev–Trinajstić information content (AvgIpc) is 2.35. The number of hydrogen-bond acceptors (Lipinski definition) is 2. The van der Waals surface area contributed by atoms with E-state index in [1.165, 1.54) is 13.2 Å². The third-order valence-electron chi connectivity index (χ3n) is 3.70. The Morgan fingerprint density at radius 3 is 2.55 bits per heavy atom. The lowest BCUT2D eigenvalue weighted by Crippen LogP contribution is -2.33. The SMILES string of the molecule is COc1cccc(C(F)(F)F)c1[C@@H]1CCOC(C)(C)C1. The fraction of sp³-hybridized carbons (Fsp3) is 0.600.